The van der Waals surface area contributed by atoms with E-state index >= 15 is 0 Å². The van der Waals surface area contributed by atoms with Crippen molar-refractivity contribution in [1.29, 1.82) is 5.26 Å². The van der Waals surface area contributed by atoms with Crippen molar-refractivity contribution in [2.75, 3.05) is 7.11 Å². The first kappa shape index (κ1) is 14.6. The SMILES string of the molecule is COC(=O)C(C)(CCC#N)NC(=O)c1cccnc1. The Kier molecular flexibility index (Phi) is 5.01. The van der Waals surface area contributed by atoms with Crippen molar-refractivity contribution in [2.45, 2.75) is 25.3 Å². The highest BCUT2D eigenvalue weighted by molar-refractivity contribution is 5.97. The van der Waals surface area contributed by atoms with Crippen LogP contribution in [0.25, 0.3) is 0 Å². The molecule has 0 aliphatic rings. The molecule has 0 bridgehead atoms. The second-order valence-electron chi connectivity index (χ2n) is 4.18. The van der Waals surface area contributed by atoms with Crippen molar-refractivity contribution in [3.05, 3.63) is 30.1 Å². The van der Waals surface area contributed by atoms with E-state index in [9.17, 15) is 9.59 Å². The highest BCUT2D eigenvalue weighted by Crippen LogP contribution is 2.15. The Hall–Kier alpha value is -2.42. The molecular formula is C13H15N3O3. The monoisotopic (exact) mass is 261 g/mol. The molecule has 1 aromatic heterocycles. The lowest BCUT2D eigenvalue weighted by atomic mass is 9.95. The first-order valence-corrected chi connectivity index (χ1v) is 5.71. The van der Waals surface area contributed by atoms with Gasteiger partial charge < -0.3 is 10.1 Å². The number of methoxy groups -OCH3 is 1. The molecule has 6 nitrogen and oxygen atoms in total. The smallest absolute Gasteiger partial charge is 0.331 e. The van der Waals surface area contributed by atoms with Gasteiger partial charge in [-0.15, -0.1) is 0 Å². The molecule has 1 aromatic rings. The third-order valence-corrected chi connectivity index (χ3v) is 2.69. The summed E-state index contributed by atoms with van der Waals surface area (Å²) in [4.78, 5) is 27.6. The maximum absolute atomic E-state index is 12.0. The molecule has 1 amide bonds. The van der Waals surface area contributed by atoms with Crippen molar-refractivity contribution >= 4 is 11.9 Å². The van der Waals surface area contributed by atoms with Crippen LogP contribution in [0.5, 0.6) is 0 Å². The normalized spacial score (nSPS) is 12.9. The number of nitrogens with zero attached hydrogens (tertiary/aromatic N) is 2. The summed E-state index contributed by atoms with van der Waals surface area (Å²) >= 11 is 0. The van der Waals surface area contributed by atoms with Gasteiger partial charge in [-0.05, 0) is 25.5 Å². The van der Waals surface area contributed by atoms with Gasteiger partial charge in [0.25, 0.3) is 5.91 Å². The summed E-state index contributed by atoms with van der Waals surface area (Å²) in [5.41, 5.74) is -0.883. The van der Waals surface area contributed by atoms with Crippen LogP contribution in [0.4, 0.5) is 0 Å². The maximum Gasteiger partial charge on any atom is 0.331 e. The average molecular weight is 261 g/mol. The van der Waals surface area contributed by atoms with Gasteiger partial charge in [-0.3, -0.25) is 9.78 Å². The number of ether oxygens (including phenoxy) is 1. The van der Waals surface area contributed by atoms with E-state index in [1.165, 1.54) is 20.2 Å². The Morgan fingerprint density at radius 3 is 2.84 bits per heavy atom. The molecule has 1 N–H and O–H groups in total. The highest BCUT2D eigenvalue weighted by atomic mass is 16.5. The summed E-state index contributed by atoms with van der Waals surface area (Å²) in [6.45, 7) is 1.53. The van der Waals surface area contributed by atoms with Gasteiger partial charge in [0, 0.05) is 18.8 Å². The number of amides is 1. The van der Waals surface area contributed by atoms with E-state index in [0.29, 0.717) is 5.56 Å². The fourth-order valence-corrected chi connectivity index (χ4v) is 1.57. The third-order valence-electron chi connectivity index (χ3n) is 2.69. The minimum Gasteiger partial charge on any atom is -0.467 e. The van der Waals surface area contributed by atoms with Gasteiger partial charge in [0.2, 0.25) is 0 Å². The van der Waals surface area contributed by atoms with Crippen molar-refractivity contribution < 1.29 is 14.3 Å². The Balaban J connectivity index is 2.87. The van der Waals surface area contributed by atoms with E-state index in [1.54, 1.807) is 18.3 Å². The standard InChI is InChI=1S/C13H15N3O3/c1-13(6-4-7-14,12(18)19-2)16-11(17)10-5-3-8-15-9-10/h3,5,8-9H,4,6H2,1-2H3,(H,16,17). The van der Waals surface area contributed by atoms with Crippen LogP contribution in [-0.2, 0) is 9.53 Å². The van der Waals surface area contributed by atoms with Crippen molar-refractivity contribution in [2.24, 2.45) is 0 Å². The first-order valence-electron chi connectivity index (χ1n) is 5.71. The molecule has 19 heavy (non-hydrogen) atoms. The molecule has 0 spiro atoms. The molecule has 0 aliphatic heterocycles. The van der Waals surface area contributed by atoms with Crippen molar-refractivity contribution in [1.82, 2.24) is 10.3 Å². The quantitative estimate of drug-likeness (QED) is 0.800. The number of hydrogen-bond donors (Lipinski definition) is 1. The van der Waals surface area contributed by atoms with Gasteiger partial charge in [-0.25, -0.2) is 4.79 Å². The third kappa shape index (κ3) is 3.78. The van der Waals surface area contributed by atoms with Crippen LogP contribution < -0.4 is 5.32 Å². The minimum absolute atomic E-state index is 0.138. The van der Waals surface area contributed by atoms with Crippen LogP contribution in [0.2, 0.25) is 0 Å². The Bertz CT molecular complexity index is 496. The van der Waals surface area contributed by atoms with Gasteiger partial charge in [0.05, 0.1) is 18.7 Å². The largest absolute Gasteiger partial charge is 0.467 e. The number of hydrogen-bond acceptors (Lipinski definition) is 5. The molecule has 0 saturated carbocycles. The predicted octanol–water partition coefficient (Wildman–Crippen LogP) is 1.05. The van der Waals surface area contributed by atoms with Crippen LogP contribution in [-0.4, -0.2) is 29.5 Å². The number of rotatable bonds is 5. The molecule has 100 valence electrons. The molecule has 0 aliphatic carbocycles. The highest BCUT2D eigenvalue weighted by Gasteiger charge is 2.35. The average Bonchev–Trinajstić information content (AvgIpc) is 2.45. The summed E-state index contributed by atoms with van der Waals surface area (Å²) in [6, 6.07) is 5.16. The maximum atomic E-state index is 12.0. The molecule has 0 radical (unpaired) electrons. The fraction of sp³-hybridized carbons (Fsp3) is 0.385. The number of pyridine rings is 1. The lowest BCUT2D eigenvalue weighted by Crippen LogP contribution is -2.52. The number of carbonyl (C=O) groups excluding carboxylic acids is 2. The van der Waals surface area contributed by atoms with E-state index in [4.69, 9.17) is 5.26 Å². The van der Waals surface area contributed by atoms with E-state index in [-0.39, 0.29) is 12.8 Å². The lowest BCUT2D eigenvalue weighted by molar-refractivity contribution is -0.147. The fourth-order valence-electron chi connectivity index (χ4n) is 1.57. The second-order valence-corrected chi connectivity index (χ2v) is 4.18. The van der Waals surface area contributed by atoms with Gasteiger partial charge >= 0.3 is 5.97 Å². The molecule has 6 heteroatoms. The molecule has 0 saturated heterocycles. The van der Waals surface area contributed by atoms with E-state index in [1.807, 2.05) is 6.07 Å². The number of carbonyl (C=O) groups is 2. The lowest BCUT2D eigenvalue weighted by Gasteiger charge is -2.27. The van der Waals surface area contributed by atoms with Crippen LogP contribution >= 0.6 is 0 Å². The molecule has 1 atom stereocenters. The van der Waals surface area contributed by atoms with Crippen LogP contribution in [0.3, 0.4) is 0 Å². The zero-order valence-electron chi connectivity index (χ0n) is 10.8. The molecule has 1 unspecified atom stereocenters. The van der Waals surface area contributed by atoms with E-state index in [2.05, 4.69) is 15.0 Å². The number of nitriles is 1. The van der Waals surface area contributed by atoms with Gasteiger partial charge in [0.15, 0.2) is 0 Å². The van der Waals surface area contributed by atoms with Crippen LogP contribution in [0.15, 0.2) is 24.5 Å². The summed E-state index contributed by atoms with van der Waals surface area (Å²) in [5, 5.41) is 11.2. The topological polar surface area (TPSA) is 92.1 Å². The Morgan fingerprint density at radius 2 is 2.32 bits per heavy atom. The van der Waals surface area contributed by atoms with Crippen LogP contribution in [0, 0.1) is 11.3 Å². The zero-order valence-corrected chi connectivity index (χ0v) is 10.8. The summed E-state index contributed by atoms with van der Waals surface area (Å²) in [5.74, 6) is -1.01. The summed E-state index contributed by atoms with van der Waals surface area (Å²) in [7, 11) is 1.24. The zero-order chi connectivity index (χ0) is 14.3. The number of aromatic nitrogens is 1. The molecular weight excluding hydrogens is 246 g/mol. The van der Waals surface area contributed by atoms with Crippen molar-refractivity contribution in [3.63, 3.8) is 0 Å². The van der Waals surface area contributed by atoms with Gasteiger partial charge in [-0.1, -0.05) is 0 Å². The predicted molar refractivity (Wildman–Crippen MR) is 67.0 cm³/mol. The minimum atomic E-state index is -1.22. The molecule has 1 heterocycles. The Morgan fingerprint density at radius 1 is 1.58 bits per heavy atom. The summed E-state index contributed by atoms with van der Waals surface area (Å²) < 4.78 is 4.67. The van der Waals surface area contributed by atoms with E-state index in [0.717, 1.165) is 0 Å². The number of nitrogens with one attached hydrogen (secondary N) is 1. The molecule has 0 aromatic carbocycles. The van der Waals surface area contributed by atoms with E-state index < -0.39 is 17.4 Å². The summed E-state index contributed by atoms with van der Waals surface area (Å²) in [6.07, 6.45) is 3.27. The van der Waals surface area contributed by atoms with Gasteiger partial charge in [0.1, 0.15) is 5.54 Å². The molecule has 1 rings (SSSR count). The first-order chi connectivity index (χ1) is 9.03. The second kappa shape index (κ2) is 6.50. The Labute approximate surface area is 111 Å². The van der Waals surface area contributed by atoms with Gasteiger partial charge in [-0.2, -0.15) is 5.26 Å². The van der Waals surface area contributed by atoms with Crippen LogP contribution in [0.1, 0.15) is 30.1 Å². The number of esters is 1. The molecule has 0 fully saturated rings. The van der Waals surface area contributed by atoms with Crippen molar-refractivity contribution in [3.8, 4) is 6.07 Å².